The van der Waals surface area contributed by atoms with Crippen molar-refractivity contribution in [3.8, 4) is 0 Å². The molecule has 0 spiro atoms. The van der Waals surface area contributed by atoms with Crippen LogP contribution in [-0.2, 0) is 17.6 Å². The van der Waals surface area contributed by atoms with Crippen molar-refractivity contribution in [3.05, 3.63) is 65.2 Å². The average Bonchev–Trinajstić information content (AvgIpc) is 2.39. The first-order valence-corrected chi connectivity index (χ1v) is 6.66. The van der Waals surface area contributed by atoms with Crippen LogP contribution in [0.25, 0.3) is 0 Å². The Bertz CT molecular complexity index is 601. The van der Waals surface area contributed by atoms with Crippen molar-refractivity contribution in [2.75, 3.05) is 5.73 Å². The van der Waals surface area contributed by atoms with E-state index in [-0.39, 0.29) is 0 Å². The highest BCUT2D eigenvalue weighted by molar-refractivity contribution is 5.82. The molecule has 0 amide bonds. The minimum Gasteiger partial charge on any atom is -0.399 e. The quantitative estimate of drug-likeness (QED) is 0.848. The normalized spacial score (nSPS) is 16.5. The Morgan fingerprint density at radius 2 is 1.84 bits per heavy atom. The van der Waals surface area contributed by atoms with Crippen LogP contribution in [0, 0.1) is 0 Å². The number of rotatable bonds is 4. The van der Waals surface area contributed by atoms with Crippen LogP contribution in [0.2, 0.25) is 0 Å². The van der Waals surface area contributed by atoms with Gasteiger partial charge < -0.3 is 5.73 Å². The summed E-state index contributed by atoms with van der Waals surface area (Å²) in [6, 6.07) is 16.0. The molecule has 2 aromatic carbocycles. The van der Waals surface area contributed by atoms with Crippen LogP contribution in [0.4, 0.5) is 5.69 Å². The summed E-state index contributed by atoms with van der Waals surface area (Å²) in [6.07, 6.45) is 2.21. The number of Topliss-reactive ketones (excluding diaryl/α,β-unsaturated/α-hetero) is 1. The first kappa shape index (κ1) is 12.0. The summed E-state index contributed by atoms with van der Waals surface area (Å²) in [5.41, 5.74) is 10.2. The molecular weight excluding hydrogens is 234 g/mol. The van der Waals surface area contributed by atoms with Gasteiger partial charge in [0, 0.05) is 18.5 Å². The van der Waals surface area contributed by atoms with E-state index in [1.54, 1.807) is 0 Å². The lowest BCUT2D eigenvalue weighted by Crippen LogP contribution is -2.20. The standard InChI is InChI=1S/C17H17NO/c18-15-7-5-12(6-8-15)9-16(19)11-14-10-13-3-1-2-4-17(13)14/h1-8,14H,9-11,18H2. The number of hydrogen-bond donors (Lipinski definition) is 1. The average molecular weight is 251 g/mol. The fourth-order valence-corrected chi connectivity index (χ4v) is 2.75. The van der Waals surface area contributed by atoms with E-state index < -0.39 is 0 Å². The minimum absolute atomic E-state index is 0.310. The van der Waals surface area contributed by atoms with Gasteiger partial charge in [-0.3, -0.25) is 4.79 Å². The van der Waals surface area contributed by atoms with Crippen molar-refractivity contribution in [2.24, 2.45) is 0 Å². The molecule has 2 heteroatoms. The van der Waals surface area contributed by atoms with E-state index in [0.717, 1.165) is 17.7 Å². The number of nitrogen functional groups attached to an aromatic ring is 1. The molecule has 96 valence electrons. The summed E-state index contributed by atoms with van der Waals surface area (Å²) < 4.78 is 0. The van der Waals surface area contributed by atoms with Crippen molar-refractivity contribution in [3.63, 3.8) is 0 Å². The zero-order valence-electron chi connectivity index (χ0n) is 10.8. The van der Waals surface area contributed by atoms with Gasteiger partial charge in [0.2, 0.25) is 0 Å². The molecule has 0 fully saturated rings. The first-order valence-electron chi connectivity index (χ1n) is 6.66. The van der Waals surface area contributed by atoms with Crippen molar-refractivity contribution in [2.45, 2.75) is 25.2 Å². The van der Waals surface area contributed by atoms with Gasteiger partial charge in [0.15, 0.2) is 0 Å². The second-order valence-corrected chi connectivity index (χ2v) is 5.26. The molecule has 1 unspecified atom stereocenters. The lowest BCUT2D eigenvalue weighted by atomic mass is 9.75. The van der Waals surface area contributed by atoms with Gasteiger partial charge >= 0.3 is 0 Å². The molecule has 0 saturated carbocycles. The maximum absolute atomic E-state index is 12.1. The molecule has 0 saturated heterocycles. The van der Waals surface area contributed by atoms with E-state index in [4.69, 9.17) is 5.73 Å². The minimum atomic E-state index is 0.310. The monoisotopic (exact) mass is 251 g/mol. The Morgan fingerprint density at radius 3 is 2.58 bits per heavy atom. The van der Waals surface area contributed by atoms with Crippen LogP contribution in [0.3, 0.4) is 0 Å². The van der Waals surface area contributed by atoms with Gasteiger partial charge in [-0.05, 0) is 41.2 Å². The van der Waals surface area contributed by atoms with Crippen LogP contribution < -0.4 is 5.73 Å². The van der Waals surface area contributed by atoms with Crippen molar-refractivity contribution in [1.29, 1.82) is 0 Å². The van der Waals surface area contributed by atoms with E-state index in [2.05, 4.69) is 24.3 Å². The Balaban J connectivity index is 1.60. The number of hydrogen-bond acceptors (Lipinski definition) is 2. The second kappa shape index (κ2) is 4.88. The van der Waals surface area contributed by atoms with Crippen LogP contribution in [-0.4, -0.2) is 5.78 Å². The SMILES string of the molecule is Nc1ccc(CC(=O)CC2Cc3ccccc32)cc1. The summed E-state index contributed by atoms with van der Waals surface area (Å²) in [5.74, 6) is 0.738. The number of anilines is 1. The number of benzene rings is 2. The van der Waals surface area contributed by atoms with Crippen LogP contribution >= 0.6 is 0 Å². The van der Waals surface area contributed by atoms with Gasteiger partial charge in [0.05, 0.1) is 0 Å². The smallest absolute Gasteiger partial charge is 0.137 e. The fraction of sp³-hybridized carbons (Fsp3) is 0.235. The van der Waals surface area contributed by atoms with Crippen molar-refractivity contribution in [1.82, 2.24) is 0 Å². The number of nitrogens with two attached hydrogens (primary N) is 1. The Hall–Kier alpha value is -2.09. The van der Waals surface area contributed by atoms with Gasteiger partial charge in [-0.1, -0.05) is 36.4 Å². The third-order valence-corrected chi connectivity index (χ3v) is 3.82. The molecule has 0 heterocycles. The van der Waals surface area contributed by atoms with E-state index in [1.165, 1.54) is 11.1 Å². The van der Waals surface area contributed by atoms with E-state index in [1.807, 2.05) is 24.3 Å². The van der Waals surface area contributed by atoms with Gasteiger partial charge in [-0.15, -0.1) is 0 Å². The molecule has 1 atom stereocenters. The topological polar surface area (TPSA) is 43.1 Å². The molecule has 0 aromatic heterocycles. The Labute approximate surface area is 113 Å². The molecule has 19 heavy (non-hydrogen) atoms. The molecule has 2 nitrogen and oxygen atoms in total. The highest BCUT2D eigenvalue weighted by atomic mass is 16.1. The molecule has 0 radical (unpaired) electrons. The third kappa shape index (κ3) is 2.53. The molecule has 2 N–H and O–H groups in total. The zero-order chi connectivity index (χ0) is 13.2. The van der Waals surface area contributed by atoms with E-state index in [0.29, 0.717) is 24.5 Å². The lowest BCUT2D eigenvalue weighted by molar-refractivity contribution is -0.118. The summed E-state index contributed by atoms with van der Waals surface area (Å²) in [5, 5.41) is 0. The maximum atomic E-state index is 12.1. The Kier molecular flexibility index (Phi) is 3.08. The molecule has 0 bridgehead atoms. The van der Waals surface area contributed by atoms with Crippen LogP contribution in [0.15, 0.2) is 48.5 Å². The Morgan fingerprint density at radius 1 is 1.11 bits per heavy atom. The van der Waals surface area contributed by atoms with Gasteiger partial charge in [-0.25, -0.2) is 0 Å². The second-order valence-electron chi connectivity index (χ2n) is 5.26. The highest BCUT2D eigenvalue weighted by Crippen LogP contribution is 2.37. The van der Waals surface area contributed by atoms with Gasteiger partial charge in [0.1, 0.15) is 5.78 Å². The van der Waals surface area contributed by atoms with E-state index >= 15 is 0 Å². The number of ketones is 1. The number of carbonyl (C=O) groups is 1. The number of fused-ring (bicyclic) bond motifs is 1. The van der Waals surface area contributed by atoms with Crippen LogP contribution in [0.1, 0.15) is 29.0 Å². The predicted octanol–water partition coefficient (Wildman–Crippen LogP) is 3.11. The van der Waals surface area contributed by atoms with Gasteiger partial charge in [-0.2, -0.15) is 0 Å². The molecule has 1 aliphatic rings. The fourth-order valence-electron chi connectivity index (χ4n) is 2.75. The lowest BCUT2D eigenvalue weighted by Gasteiger charge is -2.29. The highest BCUT2D eigenvalue weighted by Gasteiger charge is 2.27. The summed E-state index contributed by atoms with van der Waals surface area (Å²) in [4.78, 5) is 12.1. The molecular formula is C17H17NO. The maximum Gasteiger partial charge on any atom is 0.137 e. The largest absolute Gasteiger partial charge is 0.399 e. The molecule has 3 rings (SSSR count). The predicted molar refractivity (Wildman–Crippen MR) is 77.1 cm³/mol. The molecule has 2 aromatic rings. The van der Waals surface area contributed by atoms with Crippen molar-refractivity contribution < 1.29 is 4.79 Å². The summed E-state index contributed by atoms with van der Waals surface area (Å²) in [6.45, 7) is 0. The third-order valence-electron chi connectivity index (χ3n) is 3.82. The molecule has 0 aliphatic heterocycles. The molecule has 1 aliphatic carbocycles. The van der Waals surface area contributed by atoms with Gasteiger partial charge in [0.25, 0.3) is 0 Å². The summed E-state index contributed by atoms with van der Waals surface area (Å²) in [7, 11) is 0. The number of carbonyl (C=O) groups excluding carboxylic acids is 1. The van der Waals surface area contributed by atoms with Crippen molar-refractivity contribution >= 4 is 11.5 Å². The zero-order valence-corrected chi connectivity index (χ0v) is 10.8. The summed E-state index contributed by atoms with van der Waals surface area (Å²) >= 11 is 0. The van der Waals surface area contributed by atoms with Crippen LogP contribution in [0.5, 0.6) is 0 Å². The van der Waals surface area contributed by atoms with E-state index in [9.17, 15) is 4.79 Å². The first-order chi connectivity index (χ1) is 9.22.